The zero-order valence-electron chi connectivity index (χ0n) is 13.8. The third-order valence-corrected chi connectivity index (χ3v) is 3.91. The Labute approximate surface area is 140 Å². The van der Waals surface area contributed by atoms with Crippen molar-refractivity contribution < 1.29 is 4.39 Å². The molecule has 0 amide bonds. The Hall–Kier alpha value is -2.66. The van der Waals surface area contributed by atoms with Crippen LogP contribution in [0.15, 0.2) is 59.5 Å². The molecule has 0 saturated carbocycles. The molecule has 1 heterocycles. The van der Waals surface area contributed by atoms with Gasteiger partial charge in [-0.2, -0.15) is 0 Å². The monoisotopic (exact) mass is 325 g/mol. The molecule has 0 spiro atoms. The van der Waals surface area contributed by atoms with Crippen molar-refractivity contribution in [2.45, 2.75) is 6.54 Å². The molecule has 4 nitrogen and oxygen atoms in total. The SMILES string of the molecule is CN(C)CCn1cc(-c2cccc(-c3ccc(F)cc3)c2)c(=O)[nH]1. The van der Waals surface area contributed by atoms with Crippen molar-refractivity contribution >= 4 is 0 Å². The molecule has 0 atom stereocenters. The van der Waals surface area contributed by atoms with E-state index in [0.29, 0.717) is 5.56 Å². The van der Waals surface area contributed by atoms with Crippen molar-refractivity contribution in [1.29, 1.82) is 0 Å². The van der Waals surface area contributed by atoms with Crippen molar-refractivity contribution in [1.82, 2.24) is 14.7 Å². The molecule has 5 heteroatoms. The summed E-state index contributed by atoms with van der Waals surface area (Å²) in [6.45, 7) is 1.57. The Morgan fingerprint density at radius 3 is 2.46 bits per heavy atom. The van der Waals surface area contributed by atoms with E-state index >= 15 is 0 Å². The average molecular weight is 325 g/mol. The van der Waals surface area contributed by atoms with Crippen molar-refractivity contribution in [2.24, 2.45) is 0 Å². The van der Waals surface area contributed by atoms with Crippen LogP contribution in [0.2, 0.25) is 0 Å². The summed E-state index contributed by atoms with van der Waals surface area (Å²) >= 11 is 0. The van der Waals surface area contributed by atoms with E-state index in [-0.39, 0.29) is 11.4 Å². The first kappa shape index (κ1) is 16.2. The molecule has 1 aromatic heterocycles. The van der Waals surface area contributed by atoms with Gasteiger partial charge in [0.1, 0.15) is 5.82 Å². The number of aromatic nitrogens is 2. The van der Waals surface area contributed by atoms with Gasteiger partial charge in [0.25, 0.3) is 5.56 Å². The first-order valence-corrected chi connectivity index (χ1v) is 7.83. The van der Waals surface area contributed by atoms with Crippen molar-refractivity contribution in [3.05, 3.63) is 70.9 Å². The maximum atomic E-state index is 13.1. The number of halogens is 1. The van der Waals surface area contributed by atoms with Crippen LogP contribution in [0.1, 0.15) is 0 Å². The van der Waals surface area contributed by atoms with E-state index in [0.717, 1.165) is 29.8 Å². The van der Waals surface area contributed by atoms with Gasteiger partial charge >= 0.3 is 0 Å². The molecule has 124 valence electrons. The van der Waals surface area contributed by atoms with E-state index in [4.69, 9.17) is 0 Å². The zero-order valence-corrected chi connectivity index (χ0v) is 13.8. The van der Waals surface area contributed by atoms with Crippen LogP contribution in [-0.4, -0.2) is 35.3 Å². The van der Waals surface area contributed by atoms with Gasteiger partial charge < -0.3 is 4.90 Å². The minimum Gasteiger partial charge on any atom is -0.308 e. The number of rotatable bonds is 5. The summed E-state index contributed by atoms with van der Waals surface area (Å²) in [5.74, 6) is -0.260. The van der Waals surface area contributed by atoms with Gasteiger partial charge in [-0.3, -0.25) is 14.6 Å². The summed E-state index contributed by atoms with van der Waals surface area (Å²) in [5.41, 5.74) is 3.25. The molecular weight excluding hydrogens is 305 g/mol. The molecule has 0 aliphatic heterocycles. The molecule has 24 heavy (non-hydrogen) atoms. The lowest BCUT2D eigenvalue weighted by Gasteiger charge is -2.09. The fraction of sp³-hybridized carbons (Fsp3) is 0.211. The standard InChI is InChI=1S/C19H20FN3O/c1-22(2)10-11-23-13-18(19(24)21-23)16-5-3-4-15(12-16)14-6-8-17(20)9-7-14/h3-9,12-13H,10-11H2,1-2H3,(H,21,24). The molecule has 0 radical (unpaired) electrons. The summed E-state index contributed by atoms with van der Waals surface area (Å²) in [5, 5.41) is 2.85. The highest BCUT2D eigenvalue weighted by Crippen LogP contribution is 2.24. The second-order valence-corrected chi connectivity index (χ2v) is 6.07. The van der Waals surface area contributed by atoms with Crippen LogP contribution < -0.4 is 5.56 Å². The number of nitrogens with zero attached hydrogens (tertiary/aromatic N) is 2. The molecule has 0 aliphatic rings. The topological polar surface area (TPSA) is 41.0 Å². The first-order valence-electron chi connectivity index (χ1n) is 7.83. The molecule has 0 aliphatic carbocycles. The minimum atomic E-state index is -0.260. The summed E-state index contributed by atoms with van der Waals surface area (Å²) in [7, 11) is 3.99. The van der Waals surface area contributed by atoms with Gasteiger partial charge in [-0.05, 0) is 49.0 Å². The quantitative estimate of drug-likeness (QED) is 0.782. The summed E-state index contributed by atoms with van der Waals surface area (Å²) < 4.78 is 14.9. The lowest BCUT2D eigenvalue weighted by atomic mass is 10.0. The highest BCUT2D eigenvalue weighted by molar-refractivity contribution is 5.72. The smallest absolute Gasteiger partial charge is 0.271 e. The summed E-state index contributed by atoms with van der Waals surface area (Å²) in [6, 6.07) is 14.1. The molecular formula is C19H20FN3O. The molecule has 0 bridgehead atoms. The van der Waals surface area contributed by atoms with Gasteiger partial charge in [0.15, 0.2) is 0 Å². The fourth-order valence-electron chi connectivity index (χ4n) is 2.58. The number of likely N-dealkylation sites (N-methyl/N-ethyl adjacent to an activating group) is 1. The highest BCUT2D eigenvalue weighted by atomic mass is 19.1. The van der Waals surface area contributed by atoms with Gasteiger partial charge in [-0.15, -0.1) is 0 Å². The predicted molar refractivity (Wildman–Crippen MR) is 94.4 cm³/mol. The van der Waals surface area contributed by atoms with E-state index in [9.17, 15) is 9.18 Å². The number of hydrogen-bond acceptors (Lipinski definition) is 2. The van der Waals surface area contributed by atoms with E-state index in [1.807, 2.05) is 49.2 Å². The Morgan fingerprint density at radius 2 is 1.75 bits per heavy atom. The van der Waals surface area contributed by atoms with E-state index < -0.39 is 0 Å². The van der Waals surface area contributed by atoms with Crippen LogP contribution in [0.3, 0.4) is 0 Å². The van der Waals surface area contributed by atoms with Gasteiger partial charge in [0.2, 0.25) is 0 Å². The Bertz CT molecular complexity index is 878. The number of nitrogens with one attached hydrogen (secondary N) is 1. The second-order valence-electron chi connectivity index (χ2n) is 6.07. The van der Waals surface area contributed by atoms with Crippen LogP contribution in [0.5, 0.6) is 0 Å². The van der Waals surface area contributed by atoms with Crippen LogP contribution in [-0.2, 0) is 6.54 Å². The van der Waals surface area contributed by atoms with Crippen LogP contribution in [0.4, 0.5) is 4.39 Å². The molecule has 3 aromatic rings. The average Bonchev–Trinajstić information content (AvgIpc) is 2.95. The number of benzene rings is 2. The van der Waals surface area contributed by atoms with Crippen LogP contribution in [0, 0.1) is 5.82 Å². The van der Waals surface area contributed by atoms with Gasteiger partial charge in [-0.1, -0.05) is 30.3 Å². The van der Waals surface area contributed by atoms with Gasteiger partial charge in [0, 0.05) is 12.7 Å². The highest BCUT2D eigenvalue weighted by Gasteiger charge is 2.08. The first-order chi connectivity index (χ1) is 11.5. The lowest BCUT2D eigenvalue weighted by Crippen LogP contribution is -2.19. The minimum absolute atomic E-state index is 0.106. The molecule has 1 N–H and O–H groups in total. The Morgan fingerprint density at radius 1 is 1.04 bits per heavy atom. The van der Waals surface area contributed by atoms with Crippen LogP contribution >= 0.6 is 0 Å². The maximum absolute atomic E-state index is 13.1. The van der Waals surface area contributed by atoms with Crippen LogP contribution in [0.25, 0.3) is 22.3 Å². The third kappa shape index (κ3) is 3.63. The second kappa shape index (κ2) is 6.84. The lowest BCUT2D eigenvalue weighted by molar-refractivity contribution is 0.372. The van der Waals surface area contributed by atoms with Crippen molar-refractivity contribution in [2.75, 3.05) is 20.6 Å². The third-order valence-electron chi connectivity index (χ3n) is 3.91. The van der Waals surface area contributed by atoms with Crippen molar-refractivity contribution in [3.8, 4) is 22.3 Å². The number of aromatic amines is 1. The van der Waals surface area contributed by atoms with E-state index in [2.05, 4.69) is 10.00 Å². The number of H-pyrrole nitrogens is 1. The maximum Gasteiger partial charge on any atom is 0.271 e. The zero-order chi connectivity index (χ0) is 17.1. The molecule has 2 aromatic carbocycles. The predicted octanol–water partition coefficient (Wildman–Crippen LogP) is 3.21. The summed E-state index contributed by atoms with van der Waals surface area (Å²) in [4.78, 5) is 14.3. The summed E-state index contributed by atoms with van der Waals surface area (Å²) in [6.07, 6.45) is 1.84. The van der Waals surface area contributed by atoms with Gasteiger partial charge in [-0.25, -0.2) is 4.39 Å². The Balaban J connectivity index is 1.91. The number of hydrogen-bond donors (Lipinski definition) is 1. The molecule has 0 saturated heterocycles. The van der Waals surface area contributed by atoms with Crippen molar-refractivity contribution in [3.63, 3.8) is 0 Å². The Kier molecular flexibility index (Phi) is 4.62. The fourth-order valence-corrected chi connectivity index (χ4v) is 2.58. The normalized spacial score (nSPS) is 11.2. The van der Waals surface area contributed by atoms with Gasteiger partial charge in [0.05, 0.1) is 12.1 Å². The molecule has 0 unspecified atom stereocenters. The van der Waals surface area contributed by atoms with E-state index in [1.54, 1.807) is 12.1 Å². The molecule has 3 rings (SSSR count). The largest absolute Gasteiger partial charge is 0.308 e. The van der Waals surface area contributed by atoms with E-state index in [1.165, 1.54) is 12.1 Å². The molecule has 0 fully saturated rings.